The quantitative estimate of drug-likeness (QED) is 0.764. The first-order valence-electron chi connectivity index (χ1n) is 8.86. The van der Waals surface area contributed by atoms with Crippen molar-refractivity contribution >= 4 is 34.8 Å². The number of benzene rings is 2. The maximum absolute atomic E-state index is 9.06. The van der Waals surface area contributed by atoms with Crippen molar-refractivity contribution in [3.8, 4) is 0 Å². The molecule has 0 saturated carbocycles. The zero-order valence-electron chi connectivity index (χ0n) is 16.2. The second-order valence-corrected chi connectivity index (χ2v) is 7.74. The van der Waals surface area contributed by atoms with Crippen molar-refractivity contribution in [2.24, 2.45) is 0 Å². The van der Waals surface area contributed by atoms with Crippen LogP contribution in [0.3, 0.4) is 0 Å². The van der Waals surface area contributed by atoms with Crippen molar-refractivity contribution in [2.45, 2.75) is 19.3 Å². The number of rotatable bonds is 5. The first-order valence-corrected chi connectivity index (χ1v) is 9.23. The van der Waals surface area contributed by atoms with Gasteiger partial charge in [-0.25, -0.2) is 0 Å². The Morgan fingerprint density at radius 1 is 1.11 bits per heavy atom. The van der Waals surface area contributed by atoms with Crippen molar-refractivity contribution in [2.75, 3.05) is 32.1 Å². The highest BCUT2D eigenvalue weighted by atomic mass is 35.5. The Morgan fingerprint density at radius 3 is 2.41 bits per heavy atom. The molecule has 0 amide bonds. The fraction of sp³-hybridized carbons (Fsp3) is 0.318. The normalized spacial score (nSPS) is 15.0. The lowest BCUT2D eigenvalue weighted by atomic mass is 9.81. The minimum atomic E-state index is -0.0905. The van der Waals surface area contributed by atoms with E-state index in [0.29, 0.717) is 6.54 Å². The zero-order chi connectivity index (χ0) is 18.9. The third-order valence-corrected chi connectivity index (χ3v) is 5.43. The number of hydrogen-bond acceptors (Lipinski definition) is 2. The van der Waals surface area contributed by atoms with E-state index in [2.05, 4.69) is 74.0 Å². The number of aliphatic hydroxyl groups is 1. The summed E-state index contributed by atoms with van der Waals surface area (Å²) in [6.45, 7) is 5.26. The lowest BCUT2D eigenvalue weighted by Gasteiger charge is -2.17. The fourth-order valence-electron chi connectivity index (χ4n) is 3.60. The summed E-state index contributed by atoms with van der Waals surface area (Å²) in [5, 5.41) is 9.83. The third kappa shape index (κ3) is 4.21. The molecule has 0 saturated heterocycles. The first kappa shape index (κ1) is 21.5. The van der Waals surface area contributed by atoms with Gasteiger partial charge in [0.15, 0.2) is 5.71 Å². The number of halogens is 2. The smallest absolute Gasteiger partial charge is 0.209 e. The van der Waals surface area contributed by atoms with E-state index in [1.165, 1.54) is 17.0 Å². The Hall–Kier alpha value is -1.81. The monoisotopic (exact) mass is 404 g/mol. The number of hydrogen-bond donors (Lipinski definition) is 1. The predicted octanol–water partition coefficient (Wildman–Crippen LogP) is 1.49. The van der Waals surface area contributed by atoms with Gasteiger partial charge < -0.3 is 22.4 Å². The fourth-order valence-corrected chi connectivity index (χ4v) is 3.77. The molecule has 2 aromatic carbocycles. The molecule has 5 heteroatoms. The predicted molar refractivity (Wildman–Crippen MR) is 111 cm³/mol. The summed E-state index contributed by atoms with van der Waals surface area (Å²) in [6.07, 6.45) is 4.34. The van der Waals surface area contributed by atoms with E-state index in [1.54, 1.807) is 0 Å². The van der Waals surface area contributed by atoms with Crippen LogP contribution >= 0.6 is 11.6 Å². The number of anilines is 1. The summed E-state index contributed by atoms with van der Waals surface area (Å²) in [4.78, 5) is 2.04. The van der Waals surface area contributed by atoms with Crippen LogP contribution < -0.4 is 17.3 Å². The molecule has 0 fully saturated rings. The highest BCUT2D eigenvalue weighted by Gasteiger charge is 2.42. The maximum atomic E-state index is 9.06. The summed E-state index contributed by atoms with van der Waals surface area (Å²) in [7, 11) is 4.09. The Morgan fingerprint density at radius 2 is 1.78 bits per heavy atom. The minimum Gasteiger partial charge on any atom is -1.00 e. The molecule has 1 N–H and O–H groups in total. The number of aliphatic hydroxyl groups excluding tert-OH is 1. The highest BCUT2D eigenvalue weighted by Crippen LogP contribution is 2.40. The molecule has 0 spiro atoms. The number of likely N-dealkylation sites (N-methyl/N-ethyl adjacent to an activating group) is 1. The van der Waals surface area contributed by atoms with E-state index in [4.69, 9.17) is 16.7 Å². The summed E-state index contributed by atoms with van der Waals surface area (Å²) >= 11 is 6.22. The Balaban J connectivity index is 0.00000261. The molecule has 0 aromatic heterocycles. The van der Waals surface area contributed by atoms with Crippen LogP contribution in [0.15, 0.2) is 48.5 Å². The van der Waals surface area contributed by atoms with Gasteiger partial charge in [-0.2, -0.15) is 4.58 Å². The summed E-state index contributed by atoms with van der Waals surface area (Å²) < 4.78 is 2.24. The standard InChI is InChI=1S/C22H26ClN2O.ClH/c1-22(2)19-15-17(23)8-11-20(19)25(4)21(22)12-7-16-5-9-18(10-6-16)24(3)13-14-26;/h5-12,15,26H,13-14H2,1-4H3;1H/q+1;/p-1. The van der Waals surface area contributed by atoms with Crippen LogP contribution in [0, 0.1) is 0 Å². The van der Waals surface area contributed by atoms with Crippen molar-refractivity contribution in [1.82, 2.24) is 0 Å². The summed E-state index contributed by atoms with van der Waals surface area (Å²) in [6, 6.07) is 14.5. The van der Waals surface area contributed by atoms with Crippen LogP contribution in [0.25, 0.3) is 6.08 Å². The van der Waals surface area contributed by atoms with Crippen LogP contribution in [0.1, 0.15) is 25.0 Å². The van der Waals surface area contributed by atoms with Gasteiger partial charge in [0.2, 0.25) is 5.69 Å². The van der Waals surface area contributed by atoms with Gasteiger partial charge >= 0.3 is 0 Å². The zero-order valence-corrected chi connectivity index (χ0v) is 17.7. The van der Waals surface area contributed by atoms with Crippen LogP contribution in [0.5, 0.6) is 0 Å². The summed E-state index contributed by atoms with van der Waals surface area (Å²) in [5.41, 5.74) is 5.87. The molecule has 144 valence electrons. The molecular weight excluding hydrogens is 379 g/mol. The lowest BCUT2D eigenvalue weighted by Crippen LogP contribution is -3.00. The van der Waals surface area contributed by atoms with Gasteiger partial charge in [-0.05, 0) is 49.8 Å². The average molecular weight is 405 g/mol. The molecular formula is C22H26Cl2N2O. The second kappa shape index (κ2) is 8.47. The van der Waals surface area contributed by atoms with Crippen LogP contribution in [-0.2, 0) is 5.41 Å². The van der Waals surface area contributed by atoms with E-state index in [1.807, 2.05) is 18.0 Å². The van der Waals surface area contributed by atoms with Gasteiger partial charge in [-0.15, -0.1) is 0 Å². The molecule has 1 heterocycles. The Kier molecular flexibility index (Phi) is 6.74. The lowest BCUT2D eigenvalue weighted by molar-refractivity contribution is -0.401. The molecule has 0 atom stereocenters. The molecule has 3 rings (SSSR count). The van der Waals surface area contributed by atoms with Gasteiger partial charge in [0, 0.05) is 42.0 Å². The van der Waals surface area contributed by atoms with Crippen LogP contribution in [0.2, 0.25) is 5.02 Å². The van der Waals surface area contributed by atoms with Gasteiger partial charge in [0.1, 0.15) is 7.05 Å². The number of nitrogens with zero attached hydrogens (tertiary/aromatic N) is 2. The van der Waals surface area contributed by atoms with E-state index in [-0.39, 0.29) is 24.4 Å². The highest BCUT2D eigenvalue weighted by molar-refractivity contribution is 6.30. The van der Waals surface area contributed by atoms with Crippen LogP contribution in [0.4, 0.5) is 11.4 Å². The third-order valence-electron chi connectivity index (χ3n) is 5.20. The first-order chi connectivity index (χ1) is 12.3. The molecule has 0 radical (unpaired) electrons. The second-order valence-electron chi connectivity index (χ2n) is 7.30. The largest absolute Gasteiger partial charge is 1.00 e. The summed E-state index contributed by atoms with van der Waals surface area (Å²) in [5.74, 6) is 0. The van der Waals surface area contributed by atoms with Gasteiger partial charge in [0.05, 0.1) is 12.0 Å². The van der Waals surface area contributed by atoms with E-state index < -0.39 is 0 Å². The van der Waals surface area contributed by atoms with Gasteiger partial charge in [0.25, 0.3) is 0 Å². The Labute approximate surface area is 173 Å². The number of fused-ring (bicyclic) bond motifs is 1. The van der Waals surface area contributed by atoms with E-state index in [9.17, 15) is 0 Å². The molecule has 1 aliphatic rings. The minimum absolute atomic E-state index is 0. The van der Waals surface area contributed by atoms with Crippen molar-refractivity contribution < 1.29 is 22.1 Å². The van der Waals surface area contributed by atoms with Crippen LogP contribution in [-0.4, -0.2) is 42.6 Å². The van der Waals surface area contributed by atoms with Crippen molar-refractivity contribution in [3.63, 3.8) is 0 Å². The van der Waals surface area contributed by atoms with E-state index >= 15 is 0 Å². The molecule has 27 heavy (non-hydrogen) atoms. The molecule has 0 bridgehead atoms. The van der Waals surface area contributed by atoms with Gasteiger partial charge in [-0.3, -0.25) is 0 Å². The average Bonchev–Trinajstić information content (AvgIpc) is 2.80. The number of allylic oxidation sites excluding steroid dienone is 1. The topological polar surface area (TPSA) is 26.5 Å². The molecule has 2 aromatic rings. The van der Waals surface area contributed by atoms with Crippen molar-refractivity contribution in [3.05, 3.63) is 64.7 Å². The van der Waals surface area contributed by atoms with Crippen molar-refractivity contribution in [1.29, 1.82) is 0 Å². The molecule has 1 aliphatic heterocycles. The van der Waals surface area contributed by atoms with Gasteiger partial charge in [-0.1, -0.05) is 23.7 Å². The molecule has 0 aliphatic carbocycles. The van der Waals surface area contributed by atoms with E-state index in [0.717, 1.165) is 16.3 Å². The molecule has 3 nitrogen and oxygen atoms in total. The maximum Gasteiger partial charge on any atom is 0.209 e. The molecule has 0 unspecified atom stereocenters. The Bertz CT molecular complexity index is 870. The SMILES string of the molecule is CN(CCO)c1ccc(/C=C/C2=[N+](C)c3ccc(Cl)cc3C2(C)C)cc1.[Cl-].